The zero-order valence-electron chi connectivity index (χ0n) is 10.5. The Labute approximate surface area is 109 Å². The molecule has 0 aliphatic carbocycles. The van der Waals surface area contributed by atoms with Gasteiger partial charge in [-0.1, -0.05) is 0 Å². The van der Waals surface area contributed by atoms with Crippen molar-refractivity contribution in [1.82, 2.24) is 9.78 Å². The molecule has 0 aromatic carbocycles. The van der Waals surface area contributed by atoms with Gasteiger partial charge in [0.1, 0.15) is 11.3 Å². The first-order chi connectivity index (χ1) is 8.37. The van der Waals surface area contributed by atoms with E-state index in [-0.39, 0.29) is 0 Å². The third-order valence-corrected chi connectivity index (χ3v) is 2.80. The lowest BCUT2D eigenvalue weighted by atomic mass is 10.2. The number of thiophene rings is 1. The van der Waals surface area contributed by atoms with Crippen LogP contribution in [0, 0.1) is 0 Å². The quantitative estimate of drug-likeness (QED) is 0.860. The summed E-state index contributed by atoms with van der Waals surface area (Å²) in [4.78, 5) is 11.8. The van der Waals surface area contributed by atoms with Gasteiger partial charge < -0.3 is 10.5 Å². The van der Waals surface area contributed by atoms with E-state index in [2.05, 4.69) is 5.10 Å². The molecule has 5 nitrogen and oxygen atoms in total. The van der Waals surface area contributed by atoms with Crippen LogP contribution in [0.3, 0.4) is 0 Å². The van der Waals surface area contributed by atoms with E-state index in [0.29, 0.717) is 11.4 Å². The molecular weight excluding hydrogens is 250 g/mol. The number of nitrogen functional groups attached to an aromatic ring is 1. The third-order valence-electron chi connectivity index (χ3n) is 2.12. The van der Waals surface area contributed by atoms with Gasteiger partial charge in [-0.2, -0.15) is 21.1 Å². The summed E-state index contributed by atoms with van der Waals surface area (Å²) in [6.07, 6.45) is 0.942. The van der Waals surface area contributed by atoms with Crippen LogP contribution in [0.1, 0.15) is 20.8 Å². The molecule has 0 amide bonds. The highest BCUT2D eigenvalue weighted by Gasteiger charge is 2.20. The molecule has 2 rings (SSSR count). The van der Waals surface area contributed by atoms with Crippen LogP contribution in [0.15, 0.2) is 23.0 Å². The second kappa shape index (κ2) is 4.45. The van der Waals surface area contributed by atoms with Crippen molar-refractivity contribution < 1.29 is 9.53 Å². The normalized spacial score (nSPS) is 11.5. The predicted octanol–water partition coefficient (Wildman–Crippen LogP) is 2.98. The molecule has 0 bridgehead atoms. The number of carbonyl (C=O) groups excluding carboxylic acids is 1. The Morgan fingerprint density at radius 2 is 2.22 bits per heavy atom. The average molecular weight is 265 g/mol. The highest BCUT2D eigenvalue weighted by Crippen LogP contribution is 2.26. The van der Waals surface area contributed by atoms with E-state index >= 15 is 0 Å². The number of rotatable bonds is 1. The molecule has 0 saturated carbocycles. The summed E-state index contributed by atoms with van der Waals surface area (Å²) >= 11 is 1.55. The maximum absolute atomic E-state index is 11.8. The topological polar surface area (TPSA) is 70.1 Å². The Morgan fingerprint density at radius 3 is 2.78 bits per heavy atom. The molecule has 2 heterocycles. The largest absolute Gasteiger partial charge is 0.442 e. The molecule has 0 unspecified atom stereocenters. The highest BCUT2D eigenvalue weighted by atomic mass is 32.1. The van der Waals surface area contributed by atoms with Crippen molar-refractivity contribution in [3.63, 3.8) is 0 Å². The van der Waals surface area contributed by atoms with Crippen LogP contribution in [0.5, 0.6) is 0 Å². The Morgan fingerprint density at radius 1 is 1.50 bits per heavy atom. The molecular formula is C12H15N3O2S. The third kappa shape index (κ3) is 2.70. The fourth-order valence-corrected chi connectivity index (χ4v) is 2.05. The summed E-state index contributed by atoms with van der Waals surface area (Å²) in [7, 11) is 0. The fourth-order valence-electron chi connectivity index (χ4n) is 1.41. The summed E-state index contributed by atoms with van der Waals surface area (Å²) in [6.45, 7) is 5.41. The Balaban J connectivity index is 2.27. The zero-order chi connectivity index (χ0) is 13.3. The lowest BCUT2D eigenvalue weighted by Gasteiger charge is -2.18. The van der Waals surface area contributed by atoms with Crippen molar-refractivity contribution in [2.75, 3.05) is 5.73 Å². The van der Waals surface area contributed by atoms with Gasteiger partial charge in [-0.25, -0.2) is 4.79 Å². The van der Waals surface area contributed by atoms with Crippen LogP contribution in [-0.2, 0) is 4.74 Å². The van der Waals surface area contributed by atoms with Crippen LogP contribution in [0.4, 0.5) is 10.5 Å². The van der Waals surface area contributed by atoms with Crippen LogP contribution >= 0.6 is 11.3 Å². The molecule has 96 valence electrons. The van der Waals surface area contributed by atoms with Gasteiger partial charge in [0.25, 0.3) is 0 Å². The van der Waals surface area contributed by atoms with Crippen LogP contribution in [0.2, 0.25) is 0 Å². The molecule has 0 fully saturated rings. The molecule has 2 N–H and O–H groups in total. The van der Waals surface area contributed by atoms with Crippen LogP contribution in [-0.4, -0.2) is 21.5 Å². The summed E-state index contributed by atoms with van der Waals surface area (Å²) in [5, 5.41) is 8.02. The maximum Gasteiger partial charge on any atom is 0.435 e. The summed E-state index contributed by atoms with van der Waals surface area (Å²) in [6, 6.07) is 1.91. The van der Waals surface area contributed by atoms with E-state index in [1.165, 1.54) is 6.20 Å². The predicted molar refractivity (Wildman–Crippen MR) is 71.6 cm³/mol. The van der Waals surface area contributed by atoms with Gasteiger partial charge in [0, 0.05) is 10.9 Å². The fraction of sp³-hybridized carbons (Fsp3) is 0.333. The van der Waals surface area contributed by atoms with Crippen LogP contribution in [0.25, 0.3) is 11.3 Å². The molecule has 0 spiro atoms. The SMILES string of the molecule is CC(C)(C)OC(=O)n1cc(N)c(-c2ccsc2)n1. The zero-order valence-corrected chi connectivity index (χ0v) is 11.3. The average Bonchev–Trinajstić information content (AvgIpc) is 2.82. The standard InChI is InChI=1S/C12H15N3O2S/c1-12(2,3)17-11(16)15-6-9(13)10(14-15)8-4-5-18-7-8/h4-7H,13H2,1-3H3. The van der Waals surface area contributed by atoms with E-state index in [1.807, 2.05) is 16.8 Å². The second-order valence-electron chi connectivity index (χ2n) is 4.87. The van der Waals surface area contributed by atoms with Gasteiger partial charge in [-0.05, 0) is 32.2 Å². The van der Waals surface area contributed by atoms with Gasteiger partial charge in [0.2, 0.25) is 0 Å². The van der Waals surface area contributed by atoms with Gasteiger partial charge >= 0.3 is 6.09 Å². The molecule has 2 aromatic heterocycles. The minimum atomic E-state index is -0.555. The van der Waals surface area contributed by atoms with Crippen molar-refractivity contribution in [1.29, 1.82) is 0 Å². The molecule has 0 atom stereocenters. The lowest BCUT2D eigenvalue weighted by Crippen LogP contribution is -2.27. The molecule has 0 saturated heterocycles. The number of hydrogen-bond donors (Lipinski definition) is 1. The van der Waals surface area contributed by atoms with Crippen molar-refractivity contribution >= 4 is 23.1 Å². The van der Waals surface area contributed by atoms with E-state index in [1.54, 1.807) is 32.1 Å². The maximum atomic E-state index is 11.8. The summed E-state index contributed by atoms with van der Waals surface area (Å²) in [5.74, 6) is 0. The van der Waals surface area contributed by atoms with Gasteiger partial charge in [0.15, 0.2) is 0 Å². The molecule has 2 aromatic rings. The van der Waals surface area contributed by atoms with E-state index in [9.17, 15) is 4.79 Å². The van der Waals surface area contributed by atoms with Gasteiger partial charge in [-0.15, -0.1) is 0 Å². The molecule has 18 heavy (non-hydrogen) atoms. The molecule has 0 aliphatic heterocycles. The number of hydrogen-bond acceptors (Lipinski definition) is 5. The first-order valence-electron chi connectivity index (χ1n) is 5.48. The summed E-state index contributed by atoms with van der Waals surface area (Å²) in [5.41, 5.74) is 7.25. The smallest absolute Gasteiger partial charge is 0.435 e. The van der Waals surface area contributed by atoms with Gasteiger partial charge in [-0.3, -0.25) is 0 Å². The summed E-state index contributed by atoms with van der Waals surface area (Å²) < 4.78 is 6.35. The van der Waals surface area contributed by atoms with Crippen molar-refractivity contribution in [2.24, 2.45) is 0 Å². The van der Waals surface area contributed by atoms with E-state index in [0.717, 1.165) is 10.2 Å². The Bertz CT molecular complexity index is 552. The highest BCUT2D eigenvalue weighted by molar-refractivity contribution is 7.08. The minimum Gasteiger partial charge on any atom is -0.442 e. The molecule has 0 aliphatic rings. The number of carbonyl (C=O) groups is 1. The number of aromatic nitrogens is 2. The van der Waals surface area contributed by atoms with Crippen molar-refractivity contribution in [3.8, 4) is 11.3 Å². The number of ether oxygens (including phenoxy) is 1. The number of nitrogens with two attached hydrogens (primary N) is 1. The number of nitrogens with zero attached hydrogens (tertiary/aromatic N) is 2. The second-order valence-corrected chi connectivity index (χ2v) is 5.65. The minimum absolute atomic E-state index is 0.458. The molecule has 0 radical (unpaired) electrons. The van der Waals surface area contributed by atoms with Crippen molar-refractivity contribution in [2.45, 2.75) is 26.4 Å². The van der Waals surface area contributed by atoms with E-state index < -0.39 is 11.7 Å². The monoisotopic (exact) mass is 265 g/mol. The number of anilines is 1. The van der Waals surface area contributed by atoms with Crippen molar-refractivity contribution in [3.05, 3.63) is 23.0 Å². The van der Waals surface area contributed by atoms with Crippen LogP contribution < -0.4 is 5.73 Å². The first-order valence-corrected chi connectivity index (χ1v) is 6.42. The van der Waals surface area contributed by atoms with E-state index in [4.69, 9.17) is 10.5 Å². The first kappa shape index (κ1) is 12.6. The Hall–Kier alpha value is -1.82. The molecule has 6 heteroatoms. The Kier molecular flexibility index (Phi) is 3.13. The van der Waals surface area contributed by atoms with Gasteiger partial charge in [0.05, 0.1) is 11.9 Å². The lowest BCUT2D eigenvalue weighted by molar-refractivity contribution is 0.0515.